The number of nitrogens with zero attached hydrogens (tertiary/aromatic N) is 6. The van der Waals surface area contributed by atoms with Crippen LogP contribution < -0.4 is 10.6 Å². The third kappa shape index (κ3) is 5.06. The number of aromatic nitrogens is 6. The van der Waals surface area contributed by atoms with E-state index in [0.717, 1.165) is 12.8 Å². The topological polar surface area (TPSA) is 179 Å². The van der Waals surface area contributed by atoms with Gasteiger partial charge in [-0.15, -0.1) is 0 Å². The molecule has 4 atom stereocenters. The van der Waals surface area contributed by atoms with E-state index in [0.29, 0.717) is 30.2 Å². The average Bonchev–Trinajstić information content (AvgIpc) is 3.64. The second-order valence-electron chi connectivity index (χ2n) is 9.43. The first kappa shape index (κ1) is 26.0. The minimum absolute atomic E-state index is 0.111. The molecule has 3 aromatic heterocycles. The van der Waals surface area contributed by atoms with Gasteiger partial charge in [-0.2, -0.15) is 15.1 Å². The van der Waals surface area contributed by atoms with Gasteiger partial charge in [0.05, 0.1) is 36.8 Å². The minimum atomic E-state index is -1.15. The molecule has 1 aliphatic carbocycles. The van der Waals surface area contributed by atoms with Gasteiger partial charge in [-0.1, -0.05) is 6.92 Å². The van der Waals surface area contributed by atoms with Gasteiger partial charge in [0.2, 0.25) is 5.91 Å². The van der Waals surface area contributed by atoms with E-state index in [1.165, 1.54) is 17.1 Å². The number of fused-ring (bicyclic) bond motifs is 1. The highest BCUT2D eigenvalue weighted by molar-refractivity contribution is 5.89. The molecule has 2 fully saturated rings. The first-order valence-electron chi connectivity index (χ1n) is 12.9. The summed E-state index contributed by atoms with van der Waals surface area (Å²) in [6.07, 6.45) is 4.27. The summed E-state index contributed by atoms with van der Waals surface area (Å²) in [7, 11) is 0. The van der Waals surface area contributed by atoms with Crippen molar-refractivity contribution < 1.29 is 29.3 Å². The predicted octanol–water partition coefficient (Wildman–Crippen LogP) is 0.341. The van der Waals surface area contributed by atoms with Gasteiger partial charge in [-0.05, 0) is 26.2 Å². The molecule has 14 heteroatoms. The normalized spacial score (nSPS) is 24.0. The number of anilines is 1. The largest absolute Gasteiger partial charge is 0.462 e. The van der Waals surface area contributed by atoms with Crippen LogP contribution in [0.3, 0.4) is 0 Å². The first-order chi connectivity index (χ1) is 18.4. The monoisotopic (exact) mass is 528 g/mol. The number of carbonyl (C=O) groups is 2. The molecule has 0 unspecified atom stereocenters. The molecule has 0 radical (unpaired) electrons. The third-order valence-electron chi connectivity index (χ3n) is 6.95. The van der Waals surface area contributed by atoms with Crippen LogP contribution in [0, 0.1) is 0 Å². The van der Waals surface area contributed by atoms with E-state index in [1.807, 2.05) is 0 Å². The van der Waals surface area contributed by atoms with Crippen LogP contribution >= 0.6 is 0 Å². The fraction of sp³-hybridized carbons (Fsp3) is 0.583. The maximum absolute atomic E-state index is 12.2. The van der Waals surface area contributed by atoms with E-state index < -0.39 is 30.3 Å². The van der Waals surface area contributed by atoms with Gasteiger partial charge in [0.25, 0.3) is 5.95 Å². The Labute approximate surface area is 218 Å². The van der Waals surface area contributed by atoms with Crippen molar-refractivity contribution in [3.05, 3.63) is 24.3 Å². The smallest absolute Gasteiger partial charge is 0.341 e. The Balaban J connectivity index is 1.54. The Bertz CT molecular complexity index is 1300. The van der Waals surface area contributed by atoms with Crippen LogP contribution in [0.5, 0.6) is 0 Å². The molecule has 1 saturated carbocycles. The molecule has 1 aliphatic heterocycles. The van der Waals surface area contributed by atoms with Crippen LogP contribution in [0.15, 0.2) is 18.7 Å². The van der Waals surface area contributed by atoms with E-state index in [1.54, 1.807) is 24.7 Å². The number of aliphatic hydroxyl groups excluding tert-OH is 2. The van der Waals surface area contributed by atoms with E-state index in [4.69, 9.17) is 9.47 Å². The van der Waals surface area contributed by atoms with Crippen LogP contribution in [0.25, 0.3) is 17.1 Å². The fourth-order valence-corrected chi connectivity index (χ4v) is 4.87. The molecule has 204 valence electrons. The molecule has 4 heterocycles. The van der Waals surface area contributed by atoms with Crippen molar-refractivity contribution in [1.82, 2.24) is 34.6 Å². The Kier molecular flexibility index (Phi) is 7.53. The minimum Gasteiger partial charge on any atom is -0.462 e. The van der Waals surface area contributed by atoms with Gasteiger partial charge in [0.15, 0.2) is 17.0 Å². The number of nitrogens with one attached hydrogen (secondary N) is 2. The standard InChI is InChI=1S/C24H32N8O6/c1-3-17(33)28-15-9-16(20(35)19(15)34)31-12-25-18-21(27-14-5-7-37-8-6-14)29-24(30-22(18)31)32-11-13(10-26-32)23(36)38-4-2/h10-12,14-16,19-20,34-35H,3-9H2,1-2H3,(H,28,33)(H,27,29,30)/t15-,16+,19+,20-/m0/s1. The number of rotatable bonds is 8. The molecule has 0 bridgehead atoms. The summed E-state index contributed by atoms with van der Waals surface area (Å²) in [4.78, 5) is 38.0. The number of carbonyl (C=O) groups excluding carboxylic acids is 2. The van der Waals surface area contributed by atoms with E-state index in [9.17, 15) is 19.8 Å². The molecular formula is C24H32N8O6. The second-order valence-corrected chi connectivity index (χ2v) is 9.43. The second kappa shape index (κ2) is 11.0. The Hall–Kier alpha value is -3.62. The lowest BCUT2D eigenvalue weighted by Crippen LogP contribution is -2.42. The molecule has 4 N–H and O–H groups in total. The van der Waals surface area contributed by atoms with Crippen LogP contribution in [0.1, 0.15) is 55.9 Å². The van der Waals surface area contributed by atoms with Gasteiger partial charge in [-0.25, -0.2) is 14.5 Å². The zero-order valence-electron chi connectivity index (χ0n) is 21.3. The van der Waals surface area contributed by atoms with Gasteiger partial charge in [0.1, 0.15) is 12.2 Å². The summed E-state index contributed by atoms with van der Waals surface area (Å²) in [5, 5.41) is 32.0. The maximum Gasteiger partial charge on any atom is 0.341 e. The summed E-state index contributed by atoms with van der Waals surface area (Å²) in [5.41, 5.74) is 1.16. The van der Waals surface area contributed by atoms with E-state index in [-0.39, 0.29) is 42.9 Å². The van der Waals surface area contributed by atoms with Gasteiger partial charge in [0, 0.05) is 31.9 Å². The molecule has 0 spiro atoms. The number of hydrogen-bond acceptors (Lipinski definition) is 11. The number of imidazole rings is 1. The van der Waals surface area contributed by atoms with Crippen LogP contribution in [0.2, 0.25) is 0 Å². The number of esters is 1. The Morgan fingerprint density at radius 2 is 1.97 bits per heavy atom. The number of amides is 1. The van der Waals surface area contributed by atoms with Gasteiger partial charge >= 0.3 is 5.97 Å². The molecular weight excluding hydrogens is 496 g/mol. The van der Waals surface area contributed by atoms with E-state index >= 15 is 0 Å². The lowest BCUT2D eigenvalue weighted by molar-refractivity contribution is -0.122. The summed E-state index contributed by atoms with van der Waals surface area (Å²) in [5.74, 6) is -0.0457. The summed E-state index contributed by atoms with van der Waals surface area (Å²) in [6, 6.07) is -1.09. The van der Waals surface area contributed by atoms with Crippen molar-refractivity contribution in [2.75, 3.05) is 25.1 Å². The van der Waals surface area contributed by atoms with Crippen molar-refractivity contribution >= 4 is 28.9 Å². The predicted molar refractivity (Wildman–Crippen MR) is 134 cm³/mol. The molecule has 14 nitrogen and oxygen atoms in total. The SMILES string of the molecule is CCOC(=O)c1cnn(-c2nc(NC3CCOCC3)c3ncn([C@@H]4C[C@H](NC(=O)CC)[C@@H](O)[C@H]4O)c3n2)c1. The third-order valence-corrected chi connectivity index (χ3v) is 6.95. The zero-order chi connectivity index (χ0) is 26.8. The Morgan fingerprint density at radius 3 is 2.71 bits per heavy atom. The molecule has 1 amide bonds. The first-order valence-corrected chi connectivity index (χ1v) is 12.9. The number of hydrogen-bond donors (Lipinski definition) is 4. The van der Waals surface area contributed by atoms with Crippen molar-refractivity contribution in [2.24, 2.45) is 0 Å². The fourth-order valence-electron chi connectivity index (χ4n) is 4.87. The van der Waals surface area contributed by atoms with Crippen LogP contribution in [0.4, 0.5) is 5.82 Å². The highest BCUT2D eigenvalue weighted by atomic mass is 16.5. The van der Waals surface area contributed by atoms with Gasteiger partial charge < -0.3 is 34.9 Å². The molecule has 2 aliphatic rings. The number of aliphatic hydroxyl groups is 2. The summed E-state index contributed by atoms with van der Waals surface area (Å²) in [6.45, 7) is 4.95. The van der Waals surface area contributed by atoms with Crippen LogP contribution in [-0.2, 0) is 14.3 Å². The number of ether oxygens (including phenoxy) is 2. The molecule has 0 aromatic carbocycles. The zero-order valence-corrected chi connectivity index (χ0v) is 21.3. The lowest BCUT2D eigenvalue weighted by atomic mass is 10.1. The highest BCUT2D eigenvalue weighted by Gasteiger charge is 2.43. The summed E-state index contributed by atoms with van der Waals surface area (Å²) < 4.78 is 13.6. The lowest BCUT2D eigenvalue weighted by Gasteiger charge is -2.24. The van der Waals surface area contributed by atoms with Crippen molar-refractivity contribution in [3.8, 4) is 5.95 Å². The van der Waals surface area contributed by atoms with Crippen molar-refractivity contribution in [1.29, 1.82) is 0 Å². The highest BCUT2D eigenvalue weighted by Crippen LogP contribution is 2.34. The molecule has 3 aromatic rings. The van der Waals surface area contributed by atoms with Crippen molar-refractivity contribution in [3.63, 3.8) is 0 Å². The molecule has 1 saturated heterocycles. The van der Waals surface area contributed by atoms with Gasteiger partial charge in [-0.3, -0.25) is 4.79 Å². The molecule has 5 rings (SSSR count). The quantitative estimate of drug-likeness (QED) is 0.296. The van der Waals surface area contributed by atoms with Crippen LogP contribution in [-0.4, -0.2) is 95.5 Å². The molecule has 38 heavy (non-hydrogen) atoms. The Morgan fingerprint density at radius 1 is 1.18 bits per heavy atom. The summed E-state index contributed by atoms with van der Waals surface area (Å²) >= 11 is 0. The average molecular weight is 529 g/mol. The van der Waals surface area contributed by atoms with Crippen molar-refractivity contribution in [2.45, 2.75) is 69.9 Å². The van der Waals surface area contributed by atoms with E-state index in [2.05, 4.69) is 30.7 Å². The maximum atomic E-state index is 12.2.